The summed E-state index contributed by atoms with van der Waals surface area (Å²) >= 11 is 1.14. The van der Waals surface area contributed by atoms with Crippen molar-refractivity contribution in [2.24, 2.45) is 0 Å². The monoisotopic (exact) mass is 330 g/mol. The van der Waals surface area contributed by atoms with E-state index in [9.17, 15) is 4.79 Å². The third-order valence-electron chi connectivity index (χ3n) is 3.70. The summed E-state index contributed by atoms with van der Waals surface area (Å²) in [5.41, 5.74) is 4.54. The number of aromatic nitrogens is 4. The summed E-state index contributed by atoms with van der Waals surface area (Å²) in [6, 6.07) is 3.91. The molecule has 1 aromatic carbocycles. The van der Waals surface area contributed by atoms with Gasteiger partial charge in [-0.25, -0.2) is 9.78 Å². The lowest BCUT2D eigenvalue weighted by Crippen LogP contribution is -2.29. The van der Waals surface area contributed by atoms with Crippen LogP contribution in [0, 0.1) is 13.8 Å². The van der Waals surface area contributed by atoms with Gasteiger partial charge >= 0.3 is 6.03 Å². The Morgan fingerprint density at radius 1 is 1.35 bits per heavy atom. The highest BCUT2D eigenvalue weighted by atomic mass is 32.1. The van der Waals surface area contributed by atoms with Crippen molar-refractivity contribution >= 4 is 33.6 Å². The summed E-state index contributed by atoms with van der Waals surface area (Å²) < 4.78 is 3.68. The van der Waals surface area contributed by atoms with Gasteiger partial charge in [-0.3, -0.25) is 5.32 Å². The summed E-state index contributed by atoms with van der Waals surface area (Å²) in [5.74, 6) is 0.947. The fraction of sp³-hybridized carbons (Fsp3) is 0.333. The summed E-state index contributed by atoms with van der Waals surface area (Å²) in [6.45, 7) is 4.75. The number of imidazole rings is 1. The fourth-order valence-corrected chi connectivity index (χ4v) is 2.73. The third kappa shape index (κ3) is 3.65. The third-order valence-corrected chi connectivity index (χ3v) is 4.28. The van der Waals surface area contributed by atoms with E-state index in [4.69, 9.17) is 0 Å². The Bertz CT molecular complexity index is 811. The molecule has 23 heavy (non-hydrogen) atoms. The molecule has 0 aliphatic carbocycles. The molecule has 0 atom stereocenters. The Labute approximate surface area is 137 Å². The van der Waals surface area contributed by atoms with Crippen LogP contribution in [0.15, 0.2) is 18.3 Å². The zero-order valence-electron chi connectivity index (χ0n) is 13.0. The molecule has 3 rings (SSSR count). The van der Waals surface area contributed by atoms with E-state index in [1.165, 1.54) is 17.3 Å². The molecule has 0 aliphatic heterocycles. The number of amides is 2. The van der Waals surface area contributed by atoms with Crippen LogP contribution in [0.1, 0.15) is 23.4 Å². The first-order valence-electron chi connectivity index (χ1n) is 7.40. The van der Waals surface area contributed by atoms with Crippen molar-refractivity contribution in [3.63, 3.8) is 0 Å². The number of hydrogen-bond acceptors (Lipinski definition) is 5. The van der Waals surface area contributed by atoms with E-state index in [0.717, 1.165) is 41.2 Å². The molecular formula is C15H18N6OS. The first-order valence-corrected chi connectivity index (χ1v) is 8.18. The normalized spacial score (nSPS) is 10.9. The van der Waals surface area contributed by atoms with E-state index < -0.39 is 0 Å². The Balaban J connectivity index is 1.49. The fourth-order valence-electron chi connectivity index (χ4n) is 2.32. The maximum Gasteiger partial charge on any atom is 0.319 e. The number of aryl methyl sites for hydroxylation is 3. The highest BCUT2D eigenvalue weighted by Crippen LogP contribution is 2.19. The average Bonchev–Trinajstić information content (AvgIpc) is 3.17. The molecule has 2 aromatic heterocycles. The first-order chi connectivity index (χ1) is 11.1. The summed E-state index contributed by atoms with van der Waals surface area (Å²) in [6.07, 6.45) is 3.12. The maximum absolute atomic E-state index is 11.7. The van der Waals surface area contributed by atoms with Crippen molar-refractivity contribution in [1.29, 1.82) is 0 Å². The summed E-state index contributed by atoms with van der Waals surface area (Å²) in [5, 5.41) is 9.77. The van der Waals surface area contributed by atoms with Crippen LogP contribution < -0.4 is 10.6 Å². The largest absolute Gasteiger partial charge is 0.342 e. The number of benzene rings is 1. The van der Waals surface area contributed by atoms with Gasteiger partial charge in [-0.05, 0) is 37.5 Å². The Hall–Kier alpha value is -2.48. The zero-order chi connectivity index (χ0) is 16.2. The summed E-state index contributed by atoms with van der Waals surface area (Å²) in [7, 11) is 0. The number of rotatable bonds is 5. The first kappa shape index (κ1) is 15.4. The molecule has 2 amide bonds. The smallest absolute Gasteiger partial charge is 0.319 e. The molecular weight excluding hydrogens is 312 g/mol. The number of aromatic amines is 1. The lowest BCUT2D eigenvalue weighted by Gasteiger charge is -2.04. The molecule has 0 unspecified atom stereocenters. The van der Waals surface area contributed by atoms with Crippen LogP contribution >= 0.6 is 11.5 Å². The minimum absolute atomic E-state index is 0.243. The molecule has 0 spiro atoms. The van der Waals surface area contributed by atoms with Crippen LogP contribution in [0.3, 0.4) is 0 Å². The van der Waals surface area contributed by atoms with Gasteiger partial charge in [0.2, 0.25) is 0 Å². The number of carbonyl (C=O) groups is 1. The van der Waals surface area contributed by atoms with Crippen molar-refractivity contribution in [2.75, 3.05) is 11.9 Å². The number of anilines is 1. The molecule has 0 bridgehead atoms. The second-order valence-electron chi connectivity index (χ2n) is 5.35. The van der Waals surface area contributed by atoms with Gasteiger partial charge < -0.3 is 10.3 Å². The highest BCUT2D eigenvalue weighted by Gasteiger charge is 2.07. The van der Waals surface area contributed by atoms with Crippen LogP contribution in [0.2, 0.25) is 0 Å². The predicted octanol–water partition coefficient (Wildman–Crippen LogP) is 2.79. The van der Waals surface area contributed by atoms with E-state index >= 15 is 0 Å². The summed E-state index contributed by atoms with van der Waals surface area (Å²) in [4.78, 5) is 19.6. The van der Waals surface area contributed by atoms with Gasteiger partial charge in [-0.1, -0.05) is 10.6 Å². The lowest BCUT2D eigenvalue weighted by atomic mass is 10.1. The molecule has 2 heterocycles. The van der Waals surface area contributed by atoms with Crippen LogP contribution in [-0.2, 0) is 6.42 Å². The van der Waals surface area contributed by atoms with Gasteiger partial charge in [0.05, 0.1) is 17.2 Å². The van der Waals surface area contributed by atoms with Gasteiger partial charge in [-0.2, -0.15) is 0 Å². The highest BCUT2D eigenvalue weighted by molar-refractivity contribution is 7.10. The van der Waals surface area contributed by atoms with E-state index in [1.54, 1.807) is 0 Å². The molecule has 3 aromatic rings. The molecule has 0 saturated heterocycles. The van der Waals surface area contributed by atoms with Crippen molar-refractivity contribution < 1.29 is 4.79 Å². The molecule has 0 aliphatic rings. The Morgan fingerprint density at radius 2 is 2.22 bits per heavy atom. The molecule has 7 nitrogen and oxygen atoms in total. The van der Waals surface area contributed by atoms with Crippen LogP contribution in [0.5, 0.6) is 0 Å². The lowest BCUT2D eigenvalue weighted by molar-refractivity contribution is 0.252. The number of H-pyrrole nitrogens is 1. The minimum atomic E-state index is -0.243. The van der Waals surface area contributed by atoms with Crippen LogP contribution in [-0.4, -0.2) is 32.1 Å². The SMILES string of the molecule is Cc1ccc2[nH]c(CCCNC(=O)Nc3cnns3)nc2c1C. The van der Waals surface area contributed by atoms with Gasteiger partial charge in [0.15, 0.2) is 0 Å². The second kappa shape index (κ2) is 6.74. The van der Waals surface area contributed by atoms with E-state index in [2.05, 4.69) is 56.2 Å². The maximum atomic E-state index is 11.7. The quantitative estimate of drug-likeness (QED) is 0.627. The molecule has 3 N–H and O–H groups in total. The standard InChI is InChI=1S/C15H18N6OS/c1-9-5-6-11-14(10(9)2)19-12(18-11)4-3-7-16-15(22)20-13-8-17-21-23-13/h5-6,8H,3-4,7H2,1-2H3,(H,18,19)(H2,16,20,22). The number of hydrogen-bond donors (Lipinski definition) is 3. The Morgan fingerprint density at radius 3 is 3.00 bits per heavy atom. The van der Waals surface area contributed by atoms with E-state index in [1.807, 2.05) is 0 Å². The molecule has 0 fully saturated rings. The van der Waals surface area contributed by atoms with Crippen molar-refractivity contribution in [3.8, 4) is 0 Å². The molecule has 0 radical (unpaired) electrons. The number of fused-ring (bicyclic) bond motifs is 1. The van der Waals surface area contributed by atoms with Crippen molar-refractivity contribution in [1.82, 2.24) is 24.9 Å². The Kier molecular flexibility index (Phi) is 4.52. The van der Waals surface area contributed by atoms with Crippen LogP contribution in [0.4, 0.5) is 9.80 Å². The van der Waals surface area contributed by atoms with Crippen LogP contribution in [0.25, 0.3) is 11.0 Å². The van der Waals surface area contributed by atoms with Gasteiger partial charge in [-0.15, -0.1) is 5.10 Å². The number of urea groups is 1. The van der Waals surface area contributed by atoms with Crippen molar-refractivity contribution in [2.45, 2.75) is 26.7 Å². The molecule has 8 heteroatoms. The van der Waals surface area contributed by atoms with Gasteiger partial charge in [0.25, 0.3) is 0 Å². The van der Waals surface area contributed by atoms with E-state index in [0.29, 0.717) is 11.5 Å². The molecule has 0 saturated carbocycles. The topological polar surface area (TPSA) is 95.6 Å². The average molecular weight is 330 g/mol. The number of nitrogens with one attached hydrogen (secondary N) is 3. The minimum Gasteiger partial charge on any atom is -0.342 e. The van der Waals surface area contributed by atoms with Crippen molar-refractivity contribution in [3.05, 3.63) is 35.3 Å². The van der Waals surface area contributed by atoms with Gasteiger partial charge in [0, 0.05) is 24.5 Å². The van der Waals surface area contributed by atoms with Gasteiger partial charge in [0.1, 0.15) is 10.8 Å². The zero-order valence-corrected chi connectivity index (χ0v) is 13.8. The molecule has 120 valence electrons. The second-order valence-corrected chi connectivity index (χ2v) is 6.14. The number of carbonyl (C=O) groups excluding carboxylic acids is 1. The predicted molar refractivity (Wildman–Crippen MR) is 90.8 cm³/mol. The number of nitrogens with zero attached hydrogens (tertiary/aromatic N) is 3. The van der Waals surface area contributed by atoms with E-state index in [-0.39, 0.29) is 6.03 Å².